The highest BCUT2D eigenvalue weighted by atomic mass is 33.1. The fraction of sp³-hybridized carbons (Fsp3) is 0.300. The number of hydrogen-bond donors (Lipinski definition) is 0. The zero-order valence-corrected chi connectivity index (χ0v) is 17.6. The molecule has 0 radical (unpaired) electrons. The number of nitrogens with zero attached hydrogens (tertiary/aromatic N) is 2. The minimum absolute atomic E-state index is 0.171. The summed E-state index contributed by atoms with van der Waals surface area (Å²) in [5.41, 5.74) is 5.91. The highest BCUT2D eigenvalue weighted by Gasteiger charge is 2.21. The van der Waals surface area contributed by atoms with Gasteiger partial charge in [0.25, 0.3) is 10.5 Å². The van der Waals surface area contributed by atoms with Crippen molar-refractivity contribution in [2.75, 3.05) is 23.9 Å². The van der Waals surface area contributed by atoms with E-state index >= 15 is 0 Å². The van der Waals surface area contributed by atoms with Crippen LogP contribution in [0.2, 0.25) is 0 Å². The van der Waals surface area contributed by atoms with E-state index in [0.29, 0.717) is 0 Å². The van der Waals surface area contributed by atoms with Gasteiger partial charge in [-0.15, -0.1) is 0 Å². The van der Waals surface area contributed by atoms with E-state index in [1.807, 2.05) is 64.1 Å². The molecule has 0 N–H and O–H groups in total. The summed E-state index contributed by atoms with van der Waals surface area (Å²) in [5.74, 6) is 0. The van der Waals surface area contributed by atoms with Crippen LogP contribution in [-0.4, -0.2) is 24.6 Å². The standard InChI is InChI=1S/C20H24N2O2S2/c1-13-9-7-10-14(2)17(13)21(5)19(23)25-26-20(24)22(6)18-15(3)11-8-12-16(18)4/h7-12H,1-6H3. The molecule has 6 heteroatoms. The lowest BCUT2D eigenvalue weighted by Crippen LogP contribution is -2.25. The van der Waals surface area contributed by atoms with Crippen LogP contribution in [0.5, 0.6) is 0 Å². The minimum atomic E-state index is -0.171. The Hall–Kier alpha value is -1.92. The van der Waals surface area contributed by atoms with Gasteiger partial charge < -0.3 is 9.80 Å². The zero-order chi connectivity index (χ0) is 19.4. The van der Waals surface area contributed by atoms with E-state index in [2.05, 4.69) is 0 Å². The van der Waals surface area contributed by atoms with Crippen LogP contribution in [0.15, 0.2) is 36.4 Å². The third-order valence-electron chi connectivity index (χ3n) is 4.28. The Balaban J connectivity index is 2.06. The summed E-state index contributed by atoms with van der Waals surface area (Å²) in [7, 11) is 5.39. The SMILES string of the molecule is Cc1cccc(C)c1N(C)C(=O)SSC(=O)N(C)c1c(C)cccc1C. The minimum Gasteiger partial charge on any atom is -0.305 e. The number of rotatable bonds is 2. The van der Waals surface area contributed by atoms with E-state index in [1.54, 1.807) is 23.9 Å². The second-order valence-electron chi connectivity index (χ2n) is 6.30. The van der Waals surface area contributed by atoms with E-state index in [1.165, 1.54) is 0 Å². The van der Waals surface area contributed by atoms with Gasteiger partial charge >= 0.3 is 0 Å². The van der Waals surface area contributed by atoms with Crippen molar-refractivity contribution in [1.29, 1.82) is 0 Å². The second kappa shape index (κ2) is 8.64. The molecule has 0 aromatic heterocycles. The van der Waals surface area contributed by atoms with E-state index in [-0.39, 0.29) is 10.5 Å². The number of aryl methyl sites for hydroxylation is 4. The smallest absolute Gasteiger partial charge is 0.296 e. The molecule has 0 unspecified atom stereocenters. The van der Waals surface area contributed by atoms with Crippen LogP contribution in [-0.2, 0) is 0 Å². The Labute approximate surface area is 163 Å². The molecule has 2 aromatic carbocycles. The van der Waals surface area contributed by atoms with E-state index < -0.39 is 0 Å². The molecule has 0 bridgehead atoms. The lowest BCUT2D eigenvalue weighted by atomic mass is 10.1. The van der Waals surface area contributed by atoms with Crippen LogP contribution in [0.3, 0.4) is 0 Å². The van der Waals surface area contributed by atoms with Crippen LogP contribution >= 0.6 is 21.6 Å². The lowest BCUT2D eigenvalue weighted by molar-refractivity contribution is 0.265. The number of para-hydroxylation sites is 2. The zero-order valence-electron chi connectivity index (χ0n) is 16.0. The van der Waals surface area contributed by atoms with E-state index in [0.717, 1.165) is 55.2 Å². The first-order valence-electron chi connectivity index (χ1n) is 8.26. The van der Waals surface area contributed by atoms with Crippen molar-refractivity contribution >= 4 is 43.4 Å². The maximum Gasteiger partial charge on any atom is 0.296 e. The van der Waals surface area contributed by atoms with Crippen molar-refractivity contribution < 1.29 is 9.59 Å². The first-order chi connectivity index (χ1) is 12.2. The van der Waals surface area contributed by atoms with Crippen LogP contribution < -0.4 is 9.80 Å². The molecule has 0 atom stereocenters. The fourth-order valence-corrected chi connectivity index (χ4v) is 4.68. The van der Waals surface area contributed by atoms with Gasteiger partial charge in [0.2, 0.25) is 0 Å². The highest BCUT2D eigenvalue weighted by Crippen LogP contribution is 2.34. The topological polar surface area (TPSA) is 40.6 Å². The monoisotopic (exact) mass is 388 g/mol. The average Bonchev–Trinajstić information content (AvgIpc) is 2.58. The molecule has 0 heterocycles. The molecule has 2 rings (SSSR count). The summed E-state index contributed by atoms with van der Waals surface area (Å²) >= 11 is 0. The Morgan fingerprint density at radius 1 is 0.654 bits per heavy atom. The Morgan fingerprint density at radius 2 is 0.923 bits per heavy atom. The van der Waals surface area contributed by atoms with Gasteiger partial charge in [-0.25, -0.2) is 0 Å². The molecule has 26 heavy (non-hydrogen) atoms. The number of hydrogen-bond acceptors (Lipinski definition) is 4. The average molecular weight is 389 g/mol. The normalized spacial score (nSPS) is 10.5. The first-order valence-corrected chi connectivity index (χ1v) is 10.4. The molecule has 0 saturated carbocycles. The van der Waals surface area contributed by atoms with Crippen molar-refractivity contribution in [3.05, 3.63) is 58.7 Å². The van der Waals surface area contributed by atoms with Crippen LogP contribution in [0, 0.1) is 27.7 Å². The molecule has 138 valence electrons. The van der Waals surface area contributed by atoms with Gasteiger partial charge in [-0.05, 0) is 49.9 Å². The molecule has 0 aliphatic heterocycles. The largest absolute Gasteiger partial charge is 0.305 e. The third-order valence-corrected chi connectivity index (χ3v) is 6.30. The predicted octanol–water partition coefficient (Wildman–Crippen LogP) is 6.11. The van der Waals surface area contributed by atoms with Crippen molar-refractivity contribution in [3.63, 3.8) is 0 Å². The quantitative estimate of drug-likeness (QED) is 0.582. The van der Waals surface area contributed by atoms with Gasteiger partial charge in [-0.1, -0.05) is 36.4 Å². The number of benzene rings is 2. The van der Waals surface area contributed by atoms with Crippen molar-refractivity contribution in [1.82, 2.24) is 0 Å². The van der Waals surface area contributed by atoms with Gasteiger partial charge in [-0.3, -0.25) is 9.59 Å². The van der Waals surface area contributed by atoms with E-state index in [9.17, 15) is 9.59 Å². The second-order valence-corrected chi connectivity index (χ2v) is 8.33. The molecule has 0 aliphatic rings. The van der Waals surface area contributed by atoms with Gasteiger partial charge in [0, 0.05) is 47.1 Å². The highest BCUT2D eigenvalue weighted by molar-refractivity contribution is 8.87. The Morgan fingerprint density at radius 3 is 1.19 bits per heavy atom. The number of anilines is 2. The Kier molecular flexibility index (Phi) is 6.78. The molecule has 2 aromatic rings. The third kappa shape index (κ3) is 4.43. The van der Waals surface area contributed by atoms with E-state index in [4.69, 9.17) is 0 Å². The van der Waals surface area contributed by atoms with Crippen LogP contribution in [0.1, 0.15) is 22.3 Å². The van der Waals surface area contributed by atoms with Gasteiger partial charge in [0.15, 0.2) is 0 Å². The van der Waals surface area contributed by atoms with Crippen molar-refractivity contribution in [3.8, 4) is 0 Å². The maximum absolute atomic E-state index is 12.5. The molecule has 0 saturated heterocycles. The number of carbonyl (C=O) groups excluding carboxylic acids is 2. The number of amides is 2. The maximum atomic E-state index is 12.5. The molecule has 0 spiro atoms. The molecule has 0 aliphatic carbocycles. The summed E-state index contributed by atoms with van der Waals surface area (Å²) in [6.45, 7) is 7.90. The molecule has 0 fully saturated rings. The van der Waals surface area contributed by atoms with Crippen LogP contribution in [0.4, 0.5) is 21.0 Å². The lowest BCUT2D eigenvalue weighted by Gasteiger charge is -2.23. The predicted molar refractivity (Wildman–Crippen MR) is 115 cm³/mol. The summed E-state index contributed by atoms with van der Waals surface area (Å²) < 4.78 is 0. The van der Waals surface area contributed by atoms with Crippen LogP contribution in [0.25, 0.3) is 0 Å². The molecular formula is C20H24N2O2S2. The van der Waals surface area contributed by atoms with Gasteiger partial charge in [0.05, 0.1) is 0 Å². The fourth-order valence-electron chi connectivity index (χ4n) is 3.04. The summed E-state index contributed by atoms with van der Waals surface area (Å²) in [4.78, 5) is 28.3. The molecular weight excluding hydrogens is 364 g/mol. The number of carbonyl (C=O) groups is 2. The summed E-state index contributed by atoms with van der Waals surface area (Å²) in [6.07, 6.45) is 0. The van der Waals surface area contributed by atoms with Gasteiger partial charge in [-0.2, -0.15) is 0 Å². The van der Waals surface area contributed by atoms with Crippen molar-refractivity contribution in [2.45, 2.75) is 27.7 Å². The summed E-state index contributed by atoms with van der Waals surface area (Å²) in [6, 6.07) is 11.8. The first kappa shape index (κ1) is 20.4. The molecule has 4 nitrogen and oxygen atoms in total. The Bertz CT molecular complexity index is 727. The van der Waals surface area contributed by atoms with Crippen molar-refractivity contribution in [2.24, 2.45) is 0 Å². The molecule has 2 amide bonds. The summed E-state index contributed by atoms with van der Waals surface area (Å²) in [5, 5.41) is -0.341. The van der Waals surface area contributed by atoms with Gasteiger partial charge in [0.1, 0.15) is 0 Å².